The van der Waals surface area contributed by atoms with Gasteiger partial charge in [-0.3, -0.25) is 14.4 Å². The highest BCUT2D eigenvalue weighted by molar-refractivity contribution is 6.05. The Morgan fingerprint density at radius 1 is 1.07 bits per heavy atom. The fraction of sp³-hybridized carbons (Fsp3) is 0.304. The monoisotopic (exact) mass is 406 g/mol. The van der Waals surface area contributed by atoms with E-state index in [-0.39, 0.29) is 18.0 Å². The van der Waals surface area contributed by atoms with Crippen molar-refractivity contribution in [3.05, 3.63) is 69.1 Å². The Hall–Kier alpha value is -3.48. The number of pyridine rings is 2. The van der Waals surface area contributed by atoms with Gasteiger partial charge in [0.05, 0.1) is 5.39 Å². The highest BCUT2D eigenvalue weighted by atomic mass is 16.2. The molecule has 0 saturated heterocycles. The van der Waals surface area contributed by atoms with Gasteiger partial charge in [-0.15, -0.1) is 0 Å². The van der Waals surface area contributed by atoms with E-state index < -0.39 is 11.3 Å². The molecule has 3 rings (SSSR count). The fourth-order valence-electron chi connectivity index (χ4n) is 3.13. The molecular formula is C23H26N4O3. The van der Waals surface area contributed by atoms with Gasteiger partial charge in [-0.25, -0.2) is 4.98 Å². The maximum absolute atomic E-state index is 13.0. The number of benzene rings is 1. The lowest BCUT2D eigenvalue weighted by atomic mass is 10.1. The minimum absolute atomic E-state index is 0.0306. The highest BCUT2D eigenvalue weighted by Crippen LogP contribution is 2.16. The van der Waals surface area contributed by atoms with E-state index >= 15 is 0 Å². The van der Waals surface area contributed by atoms with E-state index in [1.165, 1.54) is 6.20 Å². The zero-order valence-corrected chi connectivity index (χ0v) is 17.7. The van der Waals surface area contributed by atoms with E-state index in [2.05, 4.69) is 15.6 Å². The van der Waals surface area contributed by atoms with Gasteiger partial charge < -0.3 is 15.2 Å². The number of aromatic nitrogens is 2. The number of hydrogen-bond donors (Lipinski definition) is 2. The van der Waals surface area contributed by atoms with Crippen LogP contribution in [0.1, 0.15) is 40.5 Å². The van der Waals surface area contributed by atoms with E-state index in [0.717, 1.165) is 23.2 Å². The Morgan fingerprint density at radius 3 is 2.53 bits per heavy atom. The van der Waals surface area contributed by atoms with Gasteiger partial charge in [0.15, 0.2) is 0 Å². The van der Waals surface area contributed by atoms with Crippen molar-refractivity contribution in [1.29, 1.82) is 0 Å². The Bertz CT molecular complexity index is 1180. The maximum Gasteiger partial charge on any atom is 0.261 e. The summed E-state index contributed by atoms with van der Waals surface area (Å²) in [4.78, 5) is 42.6. The molecule has 156 valence electrons. The van der Waals surface area contributed by atoms with Crippen molar-refractivity contribution in [2.75, 3.05) is 11.9 Å². The summed E-state index contributed by atoms with van der Waals surface area (Å²) in [6, 6.07) is 8.93. The summed E-state index contributed by atoms with van der Waals surface area (Å²) in [6.45, 7) is 8.25. The first-order valence-corrected chi connectivity index (χ1v) is 9.96. The number of nitrogens with one attached hydrogen (secondary N) is 2. The van der Waals surface area contributed by atoms with E-state index in [4.69, 9.17) is 0 Å². The van der Waals surface area contributed by atoms with Crippen LogP contribution >= 0.6 is 0 Å². The number of amides is 2. The molecule has 0 aliphatic carbocycles. The molecule has 0 aliphatic rings. The third-order valence-corrected chi connectivity index (χ3v) is 4.96. The van der Waals surface area contributed by atoms with Crippen molar-refractivity contribution in [3.8, 4) is 0 Å². The molecule has 2 heterocycles. The Balaban J connectivity index is 2.03. The van der Waals surface area contributed by atoms with E-state index in [1.54, 1.807) is 22.8 Å². The molecule has 1 aromatic carbocycles. The fourth-order valence-corrected chi connectivity index (χ4v) is 3.13. The standard InChI is InChI=1S/C23H26N4O3/c1-5-10-24-20(28)13-27-12-19(21(29)18-9-7-16(4)25-22(18)27)23(30)26-17-8-6-14(2)15(3)11-17/h6-9,11-12H,5,10,13H2,1-4H3,(H,24,28)(H,26,30). The van der Waals surface area contributed by atoms with Crippen molar-refractivity contribution in [2.45, 2.75) is 40.7 Å². The SMILES string of the molecule is CCCNC(=O)Cn1cc(C(=O)Nc2ccc(C)c(C)c2)c(=O)c2ccc(C)nc21. The second-order valence-electron chi connectivity index (χ2n) is 7.43. The molecule has 2 amide bonds. The lowest BCUT2D eigenvalue weighted by Crippen LogP contribution is -2.30. The van der Waals surface area contributed by atoms with E-state index in [9.17, 15) is 14.4 Å². The van der Waals surface area contributed by atoms with Gasteiger partial charge in [-0.2, -0.15) is 0 Å². The van der Waals surface area contributed by atoms with E-state index in [0.29, 0.717) is 23.3 Å². The molecule has 0 bridgehead atoms. The Kier molecular flexibility index (Phi) is 6.30. The Labute approximate surface area is 175 Å². The summed E-state index contributed by atoms with van der Waals surface area (Å²) in [6.07, 6.45) is 2.23. The number of hydrogen-bond acceptors (Lipinski definition) is 4. The van der Waals surface area contributed by atoms with Crippen molar-refractivity contribution in [2.24, 2.45) is 0 Å². The van der Waals surface area contributed by atoms with Crippen molar-refractivity contribution >= 4 is 28.5 Å². The third kappa shape index (κ3) is 4.56. The third-order valence-electron chi connectivity index (χ3n) is 4.96. The van der Waals surface area contributed by atoms with Gasteiger partial charge in [0.2, 0.25) is 11.3 Å². The minimum atomic E-state index is -0.520. The molecule has 0 radical (unpaired) electrons. The van der Waals surface area contributed by atoms with Crippen LogP contribution in [0.3, 0.4) is 0 Å². The average molecular weight is 406 g/mol. The first-order chi connectivity index (χ1) is 14.3. The molecule has 2 N–H and O–H groups in total. The summed E-state index contributed by atoms with van der Waals surface area (Å²) >= 11 is 0. The molecule has 2 aromatic heterocycles. The lowest BCUT2D eigenvalue weighted by molar-refractivity contribution is -0.121. The van der Waals surface area contributed by atoms with Gasteiger partial charge >= 0.3 is 0 Å². The van der Waals surface area contributed by atoms with Gasteiger partial charge in [-0.05, 0) is 62.6 Å². The molecule has 0 fully saturated rings. The molecule has 0 spiro atoms. The molecule has 0 saturated carbocycles. The molecule has 30 heavy (non-hydrogen) atoms. The van der Waals surface area contributed by atoms with Crippen molar-refractivity contribution in [1.82, 2.24) is 14.9 Å². The molecule has 7 nitrogen and oxygen atoms in total. The van der Waals surface area contributed by atoms with Crippen molar-refractivity contribution in [3.63, 3.8) is 0 Å². The van der Waals surface area contributed by atoms with Crippen LogP contribution in [-0.4, -0.2) is 27.9 Å². The highest BCUT2D eigenvalue weighted by Gasteiger charge is 2.18. The van der Waals surface area contributed by atoms with Crippen LogP contribution in [0.25, 0.3) is 11.0 Å². The second-order valence-corrected chi connectivity index (χ2v) is 7.43. The van der Waals surface area contributed by atoms with Gasteiger partial charge in [0.25, 0.3) is 5.91 Å². The number of anilines is 1. The quantitative estimate of drug-likeness (QED) is 0.658. The number of carbonyl (C=O) groups is 2. The first kappa shape index (κ1) is 21.2. The van der Waals surface area contributed by atoms with Gasteiger partial charge in [0.1, 0.15) is 17.8 Å². The summed E-state index contributed by atoms with van der Waals surface area (Å²) < 4.78 is 1.56. The molecule has 0 unspecified atom stereocenters. The maximum atomic E-state index is 13.0. The Morgan fingerprint density at radius 2 is 1.83 bits per heavy atom. The zero-order valence-electron chi connectivity index (χ0n) is 17.7. The second kappa shape index (κ2) is 8.90. The molecule has 7 heteroatoms. The summed E-state index contributed by atoms with van der Waals surface area (Å²) in [5.74, 6) is -0.723. The molecule has 0 atom stereocenters. The van der Waals surface area contributed by atoms with Crippen LogP contribution < -0.4 is 16.1 Å². The van der Waals surface area contributed by atoms with Crippen LogP contribution in [-0.2, 0) is 11.3 Å². The predicted molar refractivity (Wildman–Crippen MR) is 118 cm³/mol. The van der Waals surface area contributed by atoms with Crippen LogP contribution in [0.15, 0.2) is 41.3 Å². The molecule has 0 aliphatic heterocycles. The van der Waals surface area contributed by atoms with Crippen LogP contribution in [0.2, 0.25) is 0 Å². The smallest absolute Gasteiger partial charge is 0.261 e. The molecular weight excluding hydrogens is 380 g/mol. The first-order valence-electron chi connectivity index (χ1n) is 9.96. The number of rotatable bonds is 6. The summed E-state index contributed by atoms with van der Waals surface area (Å²) in [7, 11) is 0. The average Bonchev–Trinajstić information content (AvgIpc) is 2.71. The largest absolute Gasteiger partial charge is 0.355 e. The normalized spacial score (nSPS) is 10.8. The number of aryl methyl sites for hydroxylation is 3. The van der Waals surface area contributed by atoms with Crippen LogP contribution in [0.4, 0.5) is 5.69 Å². The number of nitrogens with zero attached hydrogens (tertiary/aromatic N) is 2. The summed E-state index contributed by atoms with van der Waals surface area (Å²) in [5, 5.41) is 5.90. The predicted octanol–water partition coefficient (Wildman–Crippen LogP) is 3.10. The zero-order chi connectivity index (χ0) is 21.8. The van der Waals surface area contributed by atoms with Crippen LogP contribution in [0.5, 0.6) is 0 Å². The van der Waals surface area contributed by atoms with Crippen LogP contribution in [0, 0.1) is 20.8 Å². The minimum Gasteiger partial charge on any atom is -0.355 e. The molecule has 3 aromatic rings. The van der Waals surface area contributed by atoms with Crippen molar-refractivity contribution < 1.29 is 9.59 Å². The topological polar surface area (TPSA) is 93.1 Å². The number of carbonyl (C=O) groups excluding carboxylic acids is 2. The lowest BCUT2D eigenvalue weighted by Gasteiger charge is -2.14. The van der Waals surface area contributed by atoms with Gasteiger partial charge in [-0.1, -0.05) is 13.0 Å². The number of fused-ring (bicyclic) bond motifs is 1. The summed E-state index contributed by atoms with van der Waals surface area (Å²) in [5.41, 5.74) is 3.42. The van der Waals surface area contributed by atoms with Gasteiger partial charge in [0, 0.05) is 24.1 Å². The van der Waals surface area contributed by atoms with E-state index in [1.807, 2.05) is 39.8 Å².